The van der Waals surface area contributed by atoms with Crippen molar-refractivity contribution in [1.29, 1.82) is 0 Å². The zero-order valence-electron chi connectivity index (χ0n) is 14.0. The number of ketones is 1. The summed E-state index contributed by atoms with van der Waals surface area (Å²) in [5.74, 6) is 1.12. The third-order valence-corrected chi connectivity index (χ3v) is 3.88. The van der Waals surface area contributed by atoms with Crippen LogP contribution in [0.2, 0.25) is 0 Å². The number of carbonyl (C=O) groups excluding carboxylic acids is 1. The van der Waals surface area contributed by atoms with E-state index in [2.05, 4.69) is 4.98 Å². The number of phenols is 1. The van der Waals surface area contributed by atoms with Gasteiger partial charge in [0.15, 0.2) is 17.3 Å². The van der Waals surface area contributed by atoms with Crippen molar-refractivity contribution in [2.24, 2.45) is 7.05 Å². The second-order valence-electron chi connectivity index (χ2n) is 5.48. The van der Waals surface area contributed by atoms with Gasteiger partial charge in [0.2, 0.25) is 0 Å². The molecule has 2 aromatic carbocycles. The molecule has 0 atom stereocenters. The summed E-state index contributed by atoms with van der Waals surface area (Å²) >= 11 is 0. The molecule has 1 heterocycles. The molecule has 0 amide bonds. The lowest BCUT2D eigenvalue weighted by molar-refractivity contribution is -0.114. The Balaban J connectivity index is 0.00000225. The smallest absolute Gasteiger partial charge is 0.163 e. The molecule has 3 aromatic rings. The van der Waals surface area contributed by atoms with Crippen LogP contribution in [0.5, 0.6) is 11.5 Å². The minimum absolute atomic E-state index is 0. The predicted molar refractivity (Wildman–Crippen MR) is 100 cm³/mol. The molecule has 6 heteroatoms. The van der Waals surface area contributed by atoms with Crippen LogP contribution in [0.15, 0.2) is 48.5 Å². The number of hydrogen-bond acceptors (Lipinski definition) is 4. The number of carbonyl (C=O) groups is 1. The molecule has 130 valence electrons. The van der Waals surface area contributed by atoms with Gasteiger partial charge in [0.1, 0.15) is 5.82 Å². The zero-order valence-corrected chi connectivity index (χ0v) is 14.8. The Morgan fingerprint density at radius 2 is 2.04 bits per heavy atom. The number of phenolic OH excluding ortho intramolecular Hbond substituents is 1. The summed E-state index contributed by atoms with van der Waals surface area (Å²) in [6.07, 6.45) is 3.40. The van der Waals surface area contributed by atoms with Crippen molar-refractivity contribution in [2.45, 2.75) is 6.42 Å². The predicted octanol–water partition coefficient (Wildman–Crippen LogP) is 3.53. The standard InChI is InChI=1S/C19H18N2O3.ClH/c1-21-16-6-4-3-5-15(16)20-19(21)12-14(22)9-7-13-8-10-18(24-2)17(23)11-13;/h3-11,23H,12H2,1-2H3;1H/b9-7+;. The number of imidazole rings is 1. The van der Waals surface area contributed by atoms with Crippen LogP contribution in [-0.2, 0) is 18.3 Å². The fraction of sp³-hybridized carbons (Fsp3) is 0.158. The molecular weight excluding hydrogens is 340 g/mol. The van der Waals surface area contributed by atoms with E-state index in [-0.39, 0.29) is 30.4 Å². The third-order valence-electron chi connectivity index (χ3n) is 3.88. The van der Waals surface area contributed by atoms with E-state index < -0.39 is 0 Å². The highest BCUT2D eigenvalue weighted by atomic mass is 35.5. The van der Waals surface area contributed by atoms with Gasteiger partial charge in [-0.25, -0.2) is 4.98 Å². The van der Waals surface area contributed by atoms with Crippen LogP contribution >= 0.6 is 12.4 Å². The average molecular weight is 359 g/mol. The van der Waals surface area contributed by atoms with Crippen molar-refractivity contribution in [3.63, 3.8) is 0 Å². The Morgan fingerprint density at radius 3 is 2.72 bits per heavy atom. The molecule has 0 spiro atoms. The number of para-hydroxylation sites is 2. The Bertz CT molecular complexity index is 932. The monoisotopic (exact) mass is 358 g/mol. The number of benzene rings is 2. The zero-order chi connectivity index (χ0) is 17.1. The van der Waals surface area contributed by atoms with Gasteiger partial charge >= 0.3 is 0 Å². The highest BCUT2D eigenvalue weighted by Gasteiger charge is 2.10. The summed E-state index contributed by atoms with van der Waals surface area (Å²) in [4.78, 5) is 16.7. The lowest BCUT2D eigenvalue weighted by atomic mass is 10.1. The van der Waals surface area contributed by atoms with E-state index in [1.807, 2.05) is 35.9 Å². The highest BCUT2D eigenvalue weighted by molar-refractivity contribution is 5.95. The normalized spacial score (nSPS) is 10.8. The van der Waals surface area contributed by atoms with Gasteiger partial charge in [-0.1, -0.05) is 24.3 Å². The van der Waals surface area contributed by atoms with Crippen LogP contribution in [0.3, 0.4) is 0 Å². The van der Waals surface area contributed by atoms with Crippen LogP contribution in [0.1, 0.15) is 11.4 Å². The van der Waals surface area contributed by atoms with Gasteiger partial charge in [0.05, 0.1) is 24.6 Å². The number of nitrogens with zero attached hydrogens (tertiary/aromatic N) is 2. The number of fused-ring (bicyclic) bond motifs is 1. The molecule has 0 fully saturated rings. The highest BCUT2D eigenvalue weighted by Crippen LogP contribution is 2.26. The summed E-state index contributed by atoms with van der Waals surface area (Å²) in [5.41, 5.74) is 2.61. The first-order valence-electron chi connectivity index (χ1n) is 7.56. The quantitative estimate of drug-likeness (QED) is 0.708. The maximum Gasteiger partial charge on any atom is 0.163 e. The Morgan fingerprint density at radius 1 is 1.28 bits per heavy atom. The van der Waals surface area contributed by atoms with Crippen LogP contribution in [0.25, 0.3) is 17.1 Å². The van der Waals surface area contributed by atoms with Crippen LogP contribution in [0, 0.1) is 0 Å². The molecule has 0 aliphatic heterocycles. The Kier molecular flexibility index (Phi) is 5.83. The van der Waals surface area contributed by atoms with Gasteiger partial charge < -0.3 is 14.4 Å². The van der Waals surface area contributed by atoms with E-state index >= 15 is 0 Å². The Labute approximate surface area is 152 Å². The van der Waals surface area contributed by atoms with Crippen molar-refractivity contribution in [3.05, 3.63) is 59.9 Å². The molecule has 5 nitrogen and oxygen atoms in total. The second-order valence-corrected chi connectivity index (χ2v) is 5.48. The van der Waals surface area contributed by atoms with E-state index in [1.165, 1.54) is 13.2 Å². The van der Waals surface area contributed by atoms with E-state index in [0.717, 1.165) is 22.4 Å². The topological polar surface area (TPSA) is 64.3 Å². The van der Waals surface area contributed by atoms with Gasteiger partial charge in [-0.05, 0) is 35.9 Å². The van der Waals surface area contributed by atoms with Crippen molar-refractivity contribution in [1.82, 2.24) is 9.55 Å². The maximum absolute atomic E-state index is 12.2. The van der Waals surface area contributed by atoms with Crippen molar-refractivity contribution in [2.75, 3.05) is 7.11 Å². The number of halogens is 1. The first-order valence-corrected chi connectivity index (χ1v) is 7.56. The van der Waals surface area contributed by atoms with Crippen molar-refractivity contribution < 1.29 is 14.6 Å². The molecule has 3 rings (SSSR count). The third kappa shape index (κ3) is 4.00. The molecule has 0 unspecified atom stereocenters. The molecule has 0 saturated carbocycles. The minimum atomic E-state index is -0.0521. The van der Waals surface area contributed by atoms with E-state index in [4.69, 9.17) is 4.74 Å². The number of ether oxygens (including phenoxy) is 1. The largest absolute Gasteiger partial charge is 0.504 e. The lowest BCUT2D eigenvalue weighted by Gasteiger charge is -2.03. The van der Waals surface area contributed by atoms with Gasteiger partial charge in [-0.15, -0.1) is 12.4 Å². The number of hydrogen-bond donors (Lipinski definition) is 1. The van der Waals surface area contributed by atoms with Gasteiger partial charge in [-0.3, -0.25) is 4.79 Å². The Hall–Kier alpha value is -2.79. The average Bonchev–Trinajstić information content (AvgIpc) is 2.89. The minimum Gasteiger partial charge on any atom is -0.504 e. The summed E-state index contributed by atoms with van der Waals surface area (Å²) in [6, 6.07) is 12.8. The number of aryl methyl sites for hydroxylation is 1. The number of aromatic nitrogens is 2. The van der Waals surface area contributed by atoms with Crippen LogP contribution < -0.4 is 4.74 Å². The fourth-order valence-corrected chi connectivity index (χ4v) is 2.57. The molecule has 1 N–H and O–H groups in total. The molecule has 0 saturated heterocycles. The molecule has 0 aliphatic rings. The number of methoxy groups -OCH3 is 1. The lowest BCUT2D eigenvalue weighted by Crippen LogP contribution is -2.05. The summed E-state index contributed by atoms with van der Waals surface area (Å²) in [7, 11) is 3.40. The van der Waals surface area contributed by atoms with E-state index in [0.29, 0.717) is 5.75 Å². The number of aromatic hydroxyl groups is 1. The van der Waals surface area contributed by atoms with Gasteiger partial charge in [0, 0.05) is 7.05 Å². The molecule has 0 aliphatic carbocycles. The first kappa shape index (κ1) is 18.5. The summed E-state index contributed by atoms with van der Waals surface area (Å²) in [5, 5.41) is 9.75. The van der Waals surface area contributed by atoms with Crippen molar-refractivity contribution >= 4 is 35.3 Å². The maximum atomic E-state index is 12.2. The van der Waals surface area contributed by atoms with Crippen LogP contribution in [0.4, 0.5) is 0 Å². The van der Waals surface area contributed by atoms with Crippen molar-refractivity contribution in [3.8, 4) is 11.5 Å². The fourth-order valence-electron chi connectivity index (χ4n) is 2.57. The molecule has 0 bridgehead atoms. The first-order chi connectivity index (χ1) is 11.6. The van der Waals surface area contributed by atoms with E-state index in [1.54, 1.807) is 24.3 Å². The van der Waals surface area contributed by atoms with Crippen LogP contribution in [-0.4, -0.2) is 27.6 Å². The van der Waals surface area contributed by atoms with Gasteiger partial charge in [-0.2, -0.15) is 0 Å². The van der Waals surface area contributed by atoms with E-state index in [9.17, 15) is 9.90 Å². The second kappa shape index (κ2) is 7.85. The van der Waals surface area contributed by atoms with Gasteiger partial charge in [0.25, 0.3) is 0 Å². The number of rotatable bonds is 5. The molecule has 25 heavy (non-hydrogen) atoms. The summed E-state index contributed by atoms with van der Waals surface area (Å²) in [6.45, 7) is 0. The summed E-state index contributed by atoms with van der Waals surface area (Å²) < 4.78 is 6.93. The number of allylic oxidation sites excluding steroid dienone is 1. The SMILES string of the molecule is COc1ccc(/C=C/C(=O)Cc2nc3ccccc3n2C)cc1O.Cl. The molecule has 1 aromatic heterocycles. The molecular formula is C19H19ClN2O3. The molecule has 0 radical (unpaired) electrons.